The zero-order valence-electron chi connectivity index (χ0n) is 17.4. The summed E-state index contributed by atoms with van der Waals surface area (Å²) in [5.74, 6) is -0.243. The van der Waals surface area contributed by atoms with E-state index in [9.17, 15) is 13.2 Å². The number of methoxy groups -OCH3 is 1. The number of aryl methyl sites for hydroxylation is 1. The number of carbonyl (C=O) groups excluding carboxylic acids is 1. The lowest BCUT2D eigenvalue weighted by Gasteiger charge is -2.24. The highest BCUT2D eigenvalue weighted by atomic mass is 35.5. The van der Waals surface area contributed by atoms with Gasteiger partial charge in [0.2, 0.25) is 0 Å². The van der Waals surface area contributed by atoms with Crippen molar-refractivity contribution in [3.63, 3.8) is 0 Å². The number of carbonyl (C=O) groups is 1. The molecule has 166 valence electrons. The van der Waals surface area contributed by atoms with E-state index in [1.165, 1.54) is 43.7 Å². The highest BCUT2D eigenvalue weighted by Gasteiger charge is 2.27. The highest BCUT2D eigenvalue weighted by molar-refractivity contribution is 7.92. The monoisotopic (exact) mass is 472 g/mol. The quantitative estimate of drug-likeness (QED) is 0.400. The van der Waals surface area contributed by atoms with E-state index in [2.05, 4.69) is 15.5 Å². The molecule has 3 rings (SSSR count). The Labute approximate surface area is 191 Å². The van der Waals surface area contributed by atoms with Gasteiger partial charge in [0, 0.05) is 12.4 Å². The molecule has 2 aromatic carbocycles. The minimum atomic E-state index is -4.07. The van der Waals surface area contributed by atoms with Gasteiger partial charge in [0.25, 0.3) is 15.9 Å². The first-order valence-electron chi connectivity index (χ1n) is 9.46. The number of pyridine rings is 1. The first-order chi connectivity index (χ1) is 15.3. The Kier molecular flexibility index (Phi) is 7.45. The Morgan fingerprint density at radius 1 is 1.16 bits per heavy atom. The molecule has 0 spiro atoms. The van der Waals surface area contributed by atoms with Gasteiger partial charge >= 0.3 is 0 Å². The molecule has 0 saturated carbocycles. The molecule has 10 heteroatoms. The molecule has 0 saturated heterocycles. The average Bonchev–Trinajstić information content (AvgIpc) is 2.78. The van der Waals surface area contributed by atoms with E-state index in [0.717, 1.165) is 15.4 Å². The molecule has 1 aromatic heterocycles. The fourth-order valence-corrected chi connectivity index (χ4v) is 4.42. The lowest BCUT2D eigenvalue weighted by atomic mass is 10.2. The van der Waals surface area contributed by atoms with Crippen molar-refractivity contribution in [2.75, 3.05) is 18.0 Å². The molecule has 0 bridgehead atoms. The molecule has 0 radical (unpaired) electrons. The second-order valence-electron chi connectivity index (χ2n) is 6.72. The number of hydrogen-bond donors (Lipinski definition) is 1. The van der Waals surface area contributed by atoms with E-state index in [0.29, 0.717) is 5.75 Å². The molecular formula is C22H21ClN4O4S. The van der Waals surface area contributed by atoms with Crippen LogP contribution in [0.2, 0.25) is 5.02 Å². The van der Waals surface area contributed by atoms with Crippen molar-refractivity contribution in [1.82, 2.24) is 10.4 Å². The molecule has 0 fully saturated rings. The van der Waals surface area contributed by atoms with Crippen molar-refractivity contribution in [2.24, 2.45) is 5.10 Å². The van der Waals surface area contributed by atoms with E-state index in [1.807, 2.05) is 6.92 Å². The predicted octanol–water partition coefficient (Wildman–Crippen LogP) is 3.40. The average molecular weight is 473 g/mol. The minimum absolute atomic E-state index is 0.0446. The Balaban J connectivity index is 1.89. The van der Waals surface area contributed by atoms with Crippen LogP contribution in [0.4, 0.5) is 5.69 Å². The topological polar surface area (TPSA) is 101 Å². The lowest BCUT2D eigenvalue weighted by Crippen LogP contribution is -2.39. The van der Waals surface area contributed by atoms with Gasteiger partial charge in [0.15, 0.2) is 0 Å². The number of hydrogen-bond acceptors (Lipinski definition) is 6. The second kappa shape index (κ2) is 10.3. The summed E-state index contributed by atoms with van der Waals surface area (Å²) in [5, 5.41) is 4.09. The summed E-state index contributed by atoms with van der Waals surface area (Å²) in [5.41, 5.74) is 4.20. The predicted molar refractivity (Wildman–Crippen MR) is 124 cm³/mol. The molecule has 0 aliphatic rings. The summed E-state index contributed by atoms with van der Waals surface area (Å²) in [4.78, 5) is 16.5. The fourth-order valence-electron chi connectivity index (χ4n) is 2.76. The molecule has 0 aliphatic carbocycles. The standard InChI is InChI=1S/C22H21ClN4O4S/c1-16-3-6-19(7-4-16)32(29,30)27(18-5-8-21(31-2)20(23)13-18)15-22(28)26-25-14-17-9-11-24-12-10-17/h3-14H,15H2,1-2H3,(H,26,28)/b25-14-. The molecule has 8 nitrogen and oxygen atoms in total. The molecular weight excluding hydrogens is 452 g/mol. The Morgan fingerprint density at radius 3 is 2.47 bits per heavy atom. The molecule has 1 heterocycles. The van der Waals surface area contributed by atoms with Crippen molar-refractivity contribution >= 4 is 39.4 Å². The minimum Gasteiger partial charge on any atom is -0.495 e. The van der Waals surface area contributed by atoms with E-state index in [1.54, 1.807) is 36.7 Å². The van der Waals surface area contributed by atoms with Gasteiger partial charge < -0.3 is 4.74 Å². The second-order valence-corrected chi connectivity index (χ2v) is 8.99. The first kappa shape index (κ1) is 23.2. The van der Waals surface area contributed by atoms with Crippen molar-refractivity contribution in [3.8, 4) is 5.75 Å². The van der Waals surface area contributed by atoms with Gasteiger partial charge in [-0.2, -0.15) is 5.10 Å². The van der Waals surface area contributed by atoms with Crippen LogP contribution in [-0.4, -0.2) is 39.2 Å². The van der Waals surface area contributed by atoms with Crippen LogP contribution in [0.25, 0.3) is 0 Å². The Morgan fingerprint density at radius 2 is 1.84 bits per heavy atom. The zero-order chi connectivity index (χ0) is 23.1. The van der Waals surface area contributed by atoms with Crippen molar-refractivity contribution in [2.45, 2.75) is 11.8 Å². The normalized spacial score (nSPS) is 11.3. The van der Waals surface area contributed by atoms with Crippen LogP contribution in [0.5, 0.6) is 5.75 Å². The maximum absolute atomic E-state index is 13.4. The van der Waals surface area contributed by atoms with Crippen LogP contribution in [0.3, 0.4) is 0 Å². The van der Waals surface area contributed by atoms with Crippen LogP contribution in [0.1, 0.15) is 11.1 Å². The number of anilines is 1. The molecule has 32 heavy (non-hydrogen) atoms. The molecule has 1 amide bonds. The molecule has 3 aromatic rings. The number of nitrogens with one attached hydrogen (secondary N) is 1. The summed E-state index contributed by atoms with van der Waals surface area (Å²) in [7, 11) is -2.61. The SMILES string of the molecule is COc1ccc(N(CC(=O)N/N=C\c2ccncc2)S(=O)(=O)c2ccc(C)cc2)cc1Cl. The van der Waals surface area contributed by atoms with Gasteiger partial charge in [-0.05, 0) is 55.0 Å². The Bertz CT molecular complexity index is 1220. The van der Waals surface area contributed by atoms with Gasteiger partial charge in [-0.25, -0.2) is 13.8 Å². The van der Waals surface area contributed by atoms with Crippen molar-refractivity contribution < 1.29 is 17.9 Å². The molecule has 1 N–H and O–H groups in total. The number of nitrogens with zero attached hydrogens (tertiary/aromatic N) is 3. The van der Waals surface area contributed by atoms with E-state index in [-0.39, 0.29) is 15.6 Å². The largest absolute Gasteiger partial charge is 0.495 e. The molecule has 0 unspecified atom stereocenters. The maximum Gasteiger partial charge on any atom is 0.264 e. The van der Waals surface area contributed by atoms with Crippen molar-refractivity contribution in [3.05, 3.63) is 83.1 Å². The van der Waals surface area contributed by atoms with Gasteiger partial charge in [0.1, 0.15) is 12.3 Å². The van der Waals surface area contributed by atoms with E-state index < -0.39 is 22.5 Å². The zero-order valence-corrected chi connectivity index (χ0v) is 19.0. The highest BCUT2D eigenvalue weighted by Crippen LogP contribution is 2.31. The van der Waals surface area contributed by atoms with Gasteiger partial charge in [-0.1, -0.05) is 29.3 Å². The number of halogens is 1. The number of sulfonamides is 1. The number of rotatable bonds is 8. The van der Waals surface area contributed by atoms with Crippen LogP contribution in [-0.2, 0) is 14.8 Å². The van der Waals surface area contributed by atoms with Crippen LogP contribution < -0.4 is 14.5 Å². The molecule has 0 aliphatic heterocycles. The van der Waals surface area contributed by atoms with Gasteiger partial charge in [-0.3, -0.25) is 14.1 Å². The summed E-state index contributed by atoms with van der Waals surface area (Å²) in [6.45, 7) is 1.35. The number of hydrazone groups is 1. The number of ether oxygens (including phenoxy) is 1. The van der Waals surface area contributed by atoms with Gasteiger partial charge in [0.05, 0.1) is 28.9 Å². The van der Waals surface area contributed by atoms with Gasteiger partial charge in [-0.15, -0.1) is 0 Å². The summed E-state index contributed by atoms with van der Waals surface area (Å²) >= 11 is 6.20. The van der Waals surface area contributed by atoms with E-state index in [4.69, 9.17) is 16.3 Å². The lowest BCUT2D eigenvalue weighted by molar-refractivity contribution is -0.119. The number of amides is 1. The number of benzene rings is 2. The van der Waals surface area contributed by atoms with Crippen molar-refractivity contribution in [1.29, 1.82) is 0 Å². The van der Waals surface area contributed by atoms with Crippen LogP contribution >= 0.6 is 11.6 Å². The third-order valence-electron chi connectivity index (χ3n) is 4.43. The fraction of sp³-hybridized carbons (Fsp3) is 0.136. The summed E-state index contributed by atoms with van der Waals surface area (Å²) < 4.78 is 32.8. The van der Waals surface area contributed by atoms with Crippen LogP contribution in [0, 0.1) is 6.92 Å². The van der Waals surface area contributed by atoms with Crippen LogP contribution in [0.15, 0.2) is 77.0 Å². The third kappa shape index (κ3) is 5.63. The summed E-state index contributed by atoms with van der Waals surface area (Å²) in [6.07, 6.45) is 4.61. The molecule has 0 atom stereocenters. The summed E-state index contributed by atoms with van der Waals surface area (Å²) in [6, 6.07) is 14.3. The third-order valence-corrected chi connectivity index (χ3v) is 6.51. The maximum atomic E-state index is 13.4. The smallest absolute Gasteiger partial charge is 0.264 e. The number of aromatic nitrogens is 1. The first-order valence-corrected chi connectivity index (χ1v) is 11.3. The van der Waals surface area contributed by atoms with E-state index >= 15 is 0 Å². The Hall–Kier alpha value is -3.43.